The van der Waals surface area contributed by atoms with E-state index in [0.29, 0.717) is 35.7 Å². The van der Waals surface area contributed by atoms with Crippen LogP contribution in [0.1, 0.15) is 96.9 Å². The number of alkyl halides is 3. The topological polar surface area (TPSA) is 149 Å². The van der Waals surface area contributed by atoms with Crippen molar-refractivity contribution in [2.24, 2.45) is 0 Å². The van der Waals surface area contributed by atoms with Crippen LogP contribution in [0.3, 0.4) is 0 Å². The number of halogens is 3. The minimum absolute atomic E-state index is 0.156. The summed E-state index contributed by atoms with van der Waals surface area (Å²) >= 11 is 0. The first-order valence-electron chi connectivity index (χ1n) is 17.3. The molecule has 0 aliphatic rings. The minimum Gasteiger partial charge on any atom is -0.493 e. The van der Waals surface area contributed by atoms with Crippen molar-refractivity contribution in [3.05, 3.63) is 83.4 Å². The third kappa shape index (κ3) is 16.2. The van der Waals surface area contributed by atoms with Crippen molar-refractivity contribution >= 4 is 35.4 Å². The van der Waals surface area contributed by atoms with Gasteiger partial charge in [0.05, 0.1) is 38.1 Å². The minimum atomic E-state index is -4.26. The first-order chi connectivity index (χ1) is 24.9. The summed E-state index contributed by atoms with van der Waals surface area (Å²) in [5.74, 6) is -0.846. The lowest BCUT2D eigenvalue weighted by atomic mass is 10.1. The summed E-state index contributed by atoms with van der Waals surface area (Å²) in [6, 6.07) is 15.5. The van der Waals surface area contributed by atoms with Gasteiger partial charge in [0.15, 0.2) is 11.5 Å². The number of esters is 3. The van der Waals surface area contributed by atoms with Crippen LogP contribution in [0.2, 0.25) is 0 Å². The van der Waals surface area contributed by atoms with E-state index in [1.807, 2.05) is 0 Å². The van der Waals surface area contributed by atoms with Gasteiger partial charge in [-0.3, -0.25) is 0 Å². The number of benzene rings is 3. The second kappa shape index (κ2) is 21.9. The monoisotopic (exact) mass is 728 g/mol. The lowest BCUT2D eigenvalue weighted by Gasteiger charge is -2.12. The lowest BCUT2D eigenvalue weighted by Crippen LogP contribution is -2.11. The number of anilines is 2. The van der Waals surface area contributed by atoms with Gasteiger partial charge >= 0.3 is 24.1 Å². The van der Waals surface area contributed by atoms with Crippen molar-refractivity contribution in [3.8, 4) is 17.2 Å². The van der Waals surface area contributed by atoms with E-state index in [-0.39, 0.29) is 35.8 Å². The van der Waals surface area contributed by atoms with Crippen LogP contribution in [0.15, 0.2) is 66.7 Å². The summed E-state index contributed by atoms with van der Waals surface area (Å²) in [6.45, 7) is 0.549. The smallest absolute Gasteiger partial charge is 0.389 e. The van der Waals surface area contributed by atoms with Gasteiger partial charge in [0.2, 0.25) is 0 Å². The molecule has 0 saturated heterocycles. The SMILES string of the molecule is COc1cc(C(=O)Oc2ccc(C=CC(=O)OCCCCCCCCCCCOC(=O)c3cc(N)cc(N)c3)cc2)ccc1OCCCC(F)(F)F. The van der Waals surface area contributed by atoms with Crippen LogP contribution in [-0.4, -0.2) is 51.0 Å². The van der Waals surface area contributed by atoms with E-state index < -0.39 is 30.5 Å². The standard InChI is InChI=1S/C39H47F3N2O8/c1-48-35-26-29(15-18-34(35)49-23-11-20-39(40,41)42)38(47)52-33-16-12-28(13-17-33)14-19-36(45)50-21-9-7-5-3-2-4-6-8-10-22-51-37(46)30-24-31(43)27-32(44)25-30/h12-19,24-27H,2-11,20-23,43-44H2,1H3. The lowest BCUT2D eigenvalue weighted by molar-refractivity contribution is -0.138. The van der Waals surface area contributed by atoms with Crippen molar-refractivity contribution in [2.75, 3.05) is 38.4 Å². The molecule has 282 valence electrons. The van der Waals surface area contributed by atoms with Gasteiger partial charge in [-0.1, -0.05) is 57.1 Å². The van der Waals surface area contributed by atoms with Crippen molar-refractivity contribution < 1.29 is 51.2 Å². The summed E-state index contributed by atoms with van der Waals surface area (Å²) in [6.07, 6.45) is 6.55. The molecule has 52 heavy (non-hydrogen) atoms. The average molecular weight is 729 g/mol. The molecule has 0 aliphatic carbocycles. The summed E-state index contributed by atoms with van der Waals surface area (Å²) in [5.41, 5.74) is 13.5. The van der Waals surface area contributed by atoms with Crippen LogP contribution in [-0.2, 0) is 14.3 Å². The molecule has 0 radical (unpaired) electrons. The van der Waals surface area contributed by atoms with Crippen LogP contribution < -0.4 is 25.7 Å². The largest absolute Gasteiger partial charge is 0.493 e. The van der Waals surface area contributed by atoms with Gasteiger partial charge in [-0.05, 0) is 79.4 Å². The van der Waals surface area contributed by atoms with Crippen molar-refractivity contribution in [1.82, 2.24) is 0 Å². The Labute approximate surface area is 302 Å². The normalized spacial score (nSPS) is 11.3. The molecule has 13 heteroatoms. The fourth-order valence-corrected chi connectivity index (χ4v) is 5.05. The Balaban J connectivity index is 1.22. The summed E-state index contributed by atoms with van der Waals surface area (Å²) in [7, 11) is 1.36. The first kappa shape index (κ1) is 41.2. The molecule has 3 aromatic carbocycles. The maximum atomic E-state index is 12.7. The Kier molecular flexibility index (Phi) is 17.4. The summed E-state index contributed by atoms with van der Waals surface area (Å²) in [4.78, 5) is 36.9. The maximum absolute atomic E-state index is 12.7. The number of hydrogen-bond donors (Lipinski definition) is 2. The van der Waals surface area contributed by atoms with Gasteiger partial charge in [-0.15, -0.1) is 0 Å². The van der Waals surface area contributed by atoms with Crippen molar-refractivity contribution in [1.29, 1.82) is 0 Å². The fourth-order valence-electron chi connectivity index (χ4n) is 5.05. The molecule has 0 aliphatic heterocycles. The van der Waals surface area contributed by atoms with E-state index in [2.05, 4.69) is 0 Å². The molecular formula is C39H47F3N2O8. The van der Waals surface area contributed by atoms with E-state index in [9.17, 15) is 27.6 Å². The number of nitrogen functional groups attached to an aromatic ring is 2. The predicted octanol–water partition coefficient (Wildman–Crippen LogP) is 8.72. The Bertz CT molecular complexity index is 1590. The van der Waals surface area contributed by atoms with Crippen molar-refractivity contribution in [2.45, 2.75) is 76.8 Å². The van der Waals surface area contributed by atoms with Crippen LogP contribution in [0.4, 0.5) is 24.5 Å². The average Bonchev–Trinajstić information content (AvgIpc) is 3.10. The number of methoxy groups -OCH3 is 1. The highest BCUT2D eigenvalue weighted by molar-refractivity contribution is 5.92. The first-order valence-corrected chi connectivity index (χ1v) is 17.3. The Morgan fingerprint density at radius 2 is 1.25 bits per heavy atom. The van der Waals surface area contributed by atoms with E-state index in [4.69, 9.17) is 35.2 Å². The molecule has 0 fully saturated rings. The second-order valence-electron chi connectivity index (χ2n) is 12.1. The fraction of sp³-hybridized carbons (Fsp3) is 0.410. The zero-order chi connectivity index (χ0) is 37.8. The predicted molar refractivity (Wildman–Crippen MR) is 192 cm³/mol. The van der Waals surface area contributed by atoms with E-state index >= 15 is 0 Å². The number of unbranched alkanes of at least 4 members (excludes halogenated alkanes) is 8. The molecule has 0 aromatic heterocycles. The van der Waals surface area contributed by atoms with Gasteiger partial charge < -0.3 is 35.2 Å². The molecule has 10 nitrogen and oxygen atoms in total. The molecule has 0 heterocycles. The maximum Gasteiger partial charge on any atom is 0.389 e. The van der Waals surface area contributed by atoms with E-state index in [1.54, 1.807) is 48.5 Å². The van der Waals surface area contributed by atoms with Crippen LogP contribution in [0.25, 0.3) is 6.08 Å². The van der Waals surface area contributed by atoms with Crippen molar-refractivity contribution in [3.63, 3.8) is 0 Å². The third-order valence-electron chi connectivity index (χ3n) is 7.74. The molecule has 0 saturated carbocycles. The highest BCUT2D eigenvalue weighted by Crippen LogP contribution is 2.30. The van der Waals surface area contributed by atoms with E-state index in [0.717, 1.165) is 57.8 Å². The molecule has 0 unspecified atom stereocenters. The molecule has 3 rings (SSSR count). The highest BCUT2D eigenvalue weighted by atomic mass is 19.4. The molecule has 0 atom stereocenters. The number of rotatable bonds is 22. The highest BCUT2D eigenvalue weighted by Gasteiger charge is 2.26. The molecule has 0 bridgehead atoms. The molecule has 0 spiro atoms. The summed E-state index contributed by atoms with van der Waals surface area (Å²) < 4.78 is 63.6. The number of ether oxygens (including phenoxy) is 5. The second-order valence-corrected chi connectivity index (χ2v) is 12.1. The van der Waals surface area contributed by atoms with Gasteiger partial charge in [-0.25, -0.2) is 14.4 Å². The summed E-state index contributed by atoms with van der Waals surface area (Å²) in [5, 5.41) is 0. The number of nitrogens with two attached hydrogens (primary N) is 2. The van der Waals surface area contributed by atoms with Crippen LogP contribution >= 0.6 is 0 Å². The molecule has 0 amide bonds. The van der Waals surface area contributed by atoms with Gasteiger partial charge in [0.1, 0.15) is 5.75 Å². The van der Waals surface area contributed by atoms with Crippen LogP contribution in [0, 0.1) is 0 Å². The van der Waals surface area contributed by atoms with Gasteiger partial charge in [-0.2, -0.15) is 13.2 Å². The van der Waals surface area contributed by atoms with E-state index in [1.165, 1.54) is 31.4 Å². The Morgan fingerprint density at radius 1 is 0.654 bits per heavy atom. The molecular weight excluding hydrogens is 681 g/mol. The number of hydrogen-bond acceptors (Lipinski definition) is 10. The molecule has 3 aromatic rings. The Morgan fingerprint density at radius 3 is 1.85 bits per heavy atom. The molecule has 4 N–H and O–H groups in total. The number of carbonyl (C=O) groups excluding carboxylic acids is 3. The quantitative estimate of drug-likeness (QED) is 0.0338. The zero-order valence-corrected chi connectivity index (χ0v) is 29.4. The van der Waals surface area contributed by atoms with Crippen LogP contribution in [0.5, 0.6) is 17.2 Å². The third-order valence-corrected chi connectivity index (χ3v) is 7.74. The number of carbonyl (C=O) groups is 3. The van der Waals surface area contributed by atoms with Gasteiger partial charge in [0, 0.05) is 23.9 Å². The zero-order valence-electron chi connectivity index (χ0n) is 29.4. The Hall–Kier alpha value is -5.20. The van der Waals surface area contributed by atoms with Gasteiger partial charge in [0.25, 0.3) is 0 Å².